The number of likely N-dealkylation sites (N-methyl/N-ethyl adjacent to an activating group) is 1. The predicted molar refractivity (Wildman–Crippen MR) is 110 cm³/mol. The predicted octanol–water partition coefficient (Wildman–Crippen LogP) is 3.75. The summed E-state index contributed by atoms with van der Waals surface area (Å²) in [5, 5.41) is 3.04. The Bertz CT molecular complexity index is 811. The zero-order valence-corrected chi connectivity index (χ0v) is 17.0. The summed E-state index contributed by atoms with van der Waals surface area (Å²) in [5.74, 6) is -2.12. The smallest absolute Gasteiger partial charge is 0.134 e. The summed E-state index contributed by atoms with van der Waals surface area (Å²) < 4.78 is 59.8. The standard InChI is InChI=1S/C21H25F4N3S/c1-26-19(21(27-29)18(24)12-28-6-3-7-28)10-13-4-2-5-17(20(13)25)14-8-15(22)11-16(23)9-14/h2,4-5,8-9,11,18-19,21,26-27,29H,3,6-7,10,12H2,1H3. The first-order valence-electron chi connectivity index (χ1n) is 9.60. The molecule has 0 saturated carbocycles. The molecule has 3 unspecified atom stereocenters. The summed E-state index contributed by atoms with van der Waals surface area (Å²) in [5.41, 5.74) is 0.549. The third-order valence-electron chi connectivity index (χ3n) is 5.42. The van der Waals surface area contributed by atoms with Gasteiger partial charge in [-0.25, -0.2) is 17.6 Å². The lowest BCUT2D eigenvalue weighted by atomic mass is 9.93. The second-order valence-corrected chi connectivity index (χ2v) is 7.62. The SMILES string of the molecule is CNC(Cc1cccc(-c2cc(F)cc(F)c2)c1F)C(NS)C(F)CN1CCC1. The number of rotatable bonds is 9. The second-order valence-electron chi connectivity index (χ2n) is 7.36. The van der Waals surface area contributed by atoms with Crippen molar-refractivity contribution in [1.82, 2.24) is 14.9 Å². The van der Waals surface area contributed by atoms with Crippen LogP contribution in [0.1, 0.15) is 12.0 Å². The molecule has 0 radical (unpaired) electrons. The molecule has 3 atom stereocenters. The van der Waals surface area contributed by atoms with E-state index in [0.29, 0.717) is 12.1 Å². The van der Waals surface area contributed by atoms with Gasteiger partial charge in [0.15, 0.2) is 0 Å². The Balaban J connectivity index is 1.81. The summed E-state index contributed by atoms with van der Waals surface area (Å²) in [6.07, 6.45) is 0.0701. The Morgan fingerprint density at radius 3 is 2.34 bits per heavy atom. The van der Waals surface area contributed by atoms with Crippen molar-refractivity contribution < 1.29 is 17.6 Å². The van der Waals surface area contributed by atoms with Gasteiger partial charge in [0.2, 0.25) is 0 Å². The summed E-state index contributed by atoms with van der Waals surface area (Å²) in [4.78, 5) is 2.02. The zero-order chi connectivity index (χ0) is 21.0. The van der Waals surface area contributed by atoms with Crippen LogP contribution in [0.3, 0.4) is 0 Å². The van der Waals surface area contributed by atoms with E-state index >= 15 is 4.39 Å². The quantitative estimate of drug-likeness (QED) is 0.420. The van der Waals surface area contributed by atoms with Crippen LogP contribution in [0.2, 0.25) is 0 Å². The van der Waals surface area contributed by atoms with Gasteiger partial charge in [-0.3, -0.25) is 4.72 Å². The molecular weight excluding hydrogens is 402 g/mol. The summed E-state index contributed by atoms with van der Waals surface area (Å²) >= 11 is 4.08. The number of benzene rings is 2. The molecule has 1 aliphatic rings. The molecule has 0 bridgehead atoms. The van der Waals surface area contributed by atoms with Crippen LogP contribution in [0.15, 0.2) is 36.4 Å². The third kappa shape index (κ3) is 5.31. The van der Waals surface area contributed by atoms with Gasteiger partial charge in [-0.1, -0.05) is 31.0 Å². The van der Waals surface area contributed by atoms with Crippen molar-refractivity contribution >= 4 is 12.8 Å². The number of thiol groups is 1. The van der Waals surface area contributed by atoms with E-state index in [9.17, 15) is 13.2 Å². The fourth-order valence-electron chi connectivity index (χ4n) is 3.66. The average molecular weight is 428 g/mol. The number of hydrogen-bond donors (Lipinski definition) is 3. The first-order chi connectivity index (χ1) is 13.9. The van der Waals surface area contributed by atoms with Gasteiger partial charge in [0.05, 0.1) is 6.04 Å². The Hall–Kier alpha value is -1.61. The van der Waals surface area contributed by atoms with Crippen molar-refractivity contribution in [2.75, 3.05) is 26.7 Å². The molecule has 1 heterocycles. The van der Waals surface area contributed by atoms with Gasteiger partial charge < -0.3 is 10.2 Å². The van der Waals surface area contributed by atoms with E-state index in [2.05, 4.69) is 22.9 Å². The van der Waals surface area contributed by atoms with Crippen molar-refractivity contribution in [3.8, 4) is 11.1 Å². The fraction of sp³-hybridized carbons (Fsp3) is 0.429. The molecule has 8 heteroatoms. The molecule has 0 amide bonds. The molecule has 158 valence electrons. The number of nitrogens with one attached hydrogen (secondary N) is 2. The highest BCUT2D eigenvalue weighted by Crippen LogP contribution is 2.28. The van der Waals surface area contributed by atoms with Gasteiger partial charge >= 0.3 is 0 Å². The number of alkyl halides is 1. The Morgan fingerprint density at radius 1 is 1.10 bits per heavy atom. The summed E-state index contributed by atoms with van der Waals surface area (Å²) in [6, 6.07) is 6.53. The molecule has 29 heavy (non-hydrogen) atoms. The summed E-state index contributed by atoms with van der Waals surface area (Å²) in [6.45, 7) is 2.05. The topological polar surface area (TPSA) is 27.3 Å². The monoisotopic (exact) mass is 427 g/mol. The van der Waals surface area contributed by atoms with Crippen molar-refractivity contribution in [1.29, 1.82) is 0 Å². The minimum Gasteiger partial charge on any atom is -0.315 e. The van der Waals surface area contributed by atoms with E-state index in [1.165, 1.54) is 6.07 Å². The van der Waals surface area contributed by atoms with E-state index in [1.54, 1.807) is 19.2 Å². The van der Waals surface area contributed by atoms with E-state index in [1.807, 2.05) is 4.90 Å². The maximum absolute atomic E-state index is 15.1. The van der Waals surface area contributed by atoms with Crippen molar-refractivity contribution in [2.45, 2.75) is 31.1 Å². The van der Waals surface area contributed by atoms with Crippen molar-refractivity contribution in [3.05, 3.63) is 59.4 Å². The second kappa shape index (κ2) is 9.93. The Labute approximate surface area is 174 Å². The molecule has 1 aliphatic heterocycles. The van der Waals surface area contributed by atoms with E-state index in [4.69, 9.17) is 0 Å². The molecular formula is C21H25F4N3S. The van der Waals surface area contributed by atoms with Crippen LogP contribution in [0, 0.1) is 17.5 Å². The molecule has 2 aromatic carbocycles. The Morgan fingerprint density at radius 2 is 1.79 bits per heavy atom. The zero-order valence-electron chi connectivity index (χ0n) is 16.1. The lowest BCUT2D eigenvalue weighted by Gasteiger charge is -2.36. The first-order valence-corrected chi connectivity index (χ1v) is 10.0. The first kappa shape index (κ1) is 22.1. The highest BCUT2D eigenvalue weighted by Gasteiger charge is 2.31. The fourth-order valence-corrected chi connectivity index (χ4v) is 4.00. The van der Waals surface area contributed by atoms with Crippen molar-refractivity contribution in [2.24, 2.45) is 0 Å². The molecule has 1 fully saturated rings. The number of halogens is 4. The number of likely N-dealkylation sites (tertiary alicyclic amines) is 1. The molecule has 0 spiro atoms. The normalized spacial score (nSPS) is 17.6. The van der Waals surface area contributed by atoms with Gasteiger partial charge in [-0.15, -0.1) is 0 Å². The molecule has 2 N–H and O–H groups in total. The minimum atomic E-state index is -1.19. The largest absolute Gasteiger partial charge is 0.315 e. The molecule has 3 nitrogen and oxygen atoms in total. The van der Waals surface area contributed by atoms with E-state index in [0.717, 1.165) is 37.7 Å². The average Bonchev–Trinajstić information content (AvgIpc) is 2.65. The van der Waals surface area contributed by atoms with E-state index in [-0.39, 0.29) is 17.5 Å². The third-order valence-corrected chi connectivity index (χ3v) is 5.71. The van der Waals surface area contributed by atoms with Gasteiger partial charge in [0, 0.05) is 24.2 Å². The van der Waals surface area contributed by atoms with Crippen LogP contribution in [-0.2, 0) is 6.42 Å². The van der Waals surface area contributed by atoms with Crippen molar-refractivity contribution in [3.63, 3.8) is 0 Å². The highest BCUT2D eigenvalue weighted by atomic mass is 32.1. The van der Waals surface area contributed by atoms with Crippen LogP contribution in [0.25, 0.3) is 11.1 Å². The van der Waals surface area contributed by atoms with Crippen LogP contribution < -0.4 is 10.0 Å². The Kier molecular flexibility index (Phi) is 7.56. The number of nitrogens with zero attached hydrogens (tertiary/aromatic N) is 1. The van der Waals surface area contributed by atoms with Gasteiger partial charge in [-0.2, -0.15) is 0 Å². The maximum atomic E-state index is 15.1. The molecule has 2 aromatic rings. The van der Waals surface area contributed by atoms with Gasteiger partial charge in [-0.05, 0) is 56.2 Å². The maximum Gasteiger partial charge on any atom is 0.134 e. The molecule has 3 rings (SSSR count). The molecule has 1 saturated heterocycles. The van der Waals surface area contributed by atoms with E-state index < -0.39 is 35.7 Å². The minimum absolute atomic E-state index is 0.100. The summed E-state index contributed by atoms with van der Waals surface area (Å²) in [7, 11) is 1.68. The van der Waals surface area contributed by atoms with Crippen LogP contribution in [0.5, 0.6) is 0 Å². The van der Waals surface area contributed by atoms with Crippen LogP contribution >= 0.6 is 12.8 Å². The van der Waals surface area contributed by atoms with Gasteiger partial charge in [0.25, 0.3) is 0 Å². The van der Waals surface area contributed by atoms with Crippen LogP contribution in [-0.4, -0.2) is 49.8 Å². The lowest BCUT2D eigenvalue weighted by Crippen LogP contribution is -2.54. The molecule has 0 aliphatic carbocycles. The number of hydrogen-bond acceptors (Lipinski definition) is 4. The van der Waals surface area contributed by atoms with Crippen LogP contribution in [0.4, 0.5) is 17.6 Å². The lowest BCUT2D eigenvalue weighted by molar-refractivity contribution is 0.107. The molecule has 0 aromatic heterocycles. The van der Waals surface area contributed by atoms with Gasteiger partial charge in [0.1, 0.15) is 23.6 Å². The highest BCUT2D eigenvalue weighted by molar-refractivity contribution is 7.78.